The minimum atomic E-state index is 0.0513. The van der Waals surface area contributed by atoms with E-state index in [4.69, 9.17) is 18.9 Å². The van der Waals surface area contributed by atoms with Gasteiger partial charge in [-0.2, -0.15) is 0 Å². The Bertz CT molecular complexity index is 895. The van der Waals surface area contributed by atoms with Gasteiger partial charge in [0.2, 0.25) is 5.75 Å². The Hall–Kier alpha value is -3.35. The van der Waals surface area contributed by atoms with Crippen molar-refractivity contribution >= 4 is 0 Å². The van der Waals surface area contributed by atoms with Gasteiger partial charge >= 0.3 is 0 Å². The van der Waals surface area contributed by atoms with E-state index < -0.39 is 0 Å². The molecular formula is C19H20N2O5. The fraction of sp³-hybridized carbons (Fsp3) is 0.211. The minimum absolute atomic E-state index is 0.0513. The number of aromatic hydroxyl groups is 1. The fourth-order valence-electron chi connectivity index (χ4n) is 2.80. The van der Waals surface area contributed by atoms with Gasteiger partial charge in [0.25, 0.3) is 0 Å². The molecule has 136 valence electrons. The number of phenolic OH excluding ortho intramolecular Hbond substituents is 1. The van der Waals surface area contributed by atoms with Crippen LogP contribution in [0.25, 0.3) is 22.5 Å². The molecule has 0 spiro atoms. The molecule has 0 saturated heterocycles. The van der Waals surface area contributed by atoms with Gasteiger partial charge in [0.15, 0.2) is 23.0 Å². The van der Waals surface area contributed by atoms with Crippen molar-refractivity contribution in [2.75, 3.05) is 28.4 Å². The largest absolute Gasteiger partial charge is 0.504 e. The first-order valence-corrected chi connectivity index (χ1v) is 7.84. The van der Waals surface area contributed by atoms with Gasteiger partial charge in [-0.3, -0.25) is 0 Å². The SMILES string of the molecule is COc1ccc(-c2[nH]cnc2-c2cc(OC)c(OC)c(OC)c2)cc1O. The molecule has 0 aliphatic carbocycles. The number of phenols is 1. The summed E-state index contributed by atoms with van der Waals surface area (Å²) in [4.78, 5) is 7.53. The summed E-state index contributed by atoms with van der Waals surface area (Å²) in [6.07, 6.45) is 1.59. The Morgan fingerprint density at radius 1 is 0.808 bits per heavy atom. The summed E-state index contributed by atoms with van der Waals surface area (Å²) in [7, 11) is 6.19. The summed E-state index contributed by atoms with van der Waals surface area (Å²) >= 11 is 0. The van der Waals surface area contributed by atoms with E-state index in [9.17, 15) is 5.11 Å². The van der Waals surface area contributed by atoms with Gasteiger partial charge in [0, 0.05) is 11.1 Å². The van der Waals surface area contributed by atoms with Crippen molar-refractivity contribution in [2.24, 2.45) is 0 Å². The second-order valence-corrected chi connectivity index (χ2v) is 5.43. The molecule has 7 heteroatoms. The van der Waals surface area contributed by atoms with Crippen molar-refractivity contribution in [3.8, 4) is 51.3 Å². The number of hydrogen-bond donors (Lipinski definition) is 2. The zero-order chi connectivity index (χ0) is 18.7. The quantitative estimate of drug-likeness (QED) is 0.703. The lowest BCUT2D eigenvalue weighted by molar-refractivity contribution is 0.324. The number of benzene rings is 2. The third-order valence-electron chi connectivity index (χ3n) is 4.05. The molecule has 3 aromatic rings. The van der Waals surface area contributed by atoms with Crippen LogP contribution in [0.2, 0.25) is 0 Å². The molecule has 1 aromatic heterocycles. The number of aromatic amines is 1. The van der Waals surface area contributed by atoms with Crippen molar-refractivity contribution in [3.05, 3.63) is 36.7 Å². The first kappa shape index (κ1) is 17.5. The van der Waals surface area contributed by atoms with E-state index in [1.54, 1.807) is 39.8 Å². The molecule has 0 radical (unpaired) electrons. The van der Waals surface area contributed by atoms with E-state index in [0.29, 0.717) is 28.7 Å². The van der Waals surface area contributed by atoms with E-state index >= 15 is 0 Å². The summed E-state index contributed by atoms with van der Waals surface area (Å²) in [6.45, 7) is 0. The third-order valence-corrected chi connectivity index (χ3v) is 4.05. The van der Waals surface area contributed by atoms with Crippen LogP contribution in [-0.4, -0.2) is 43.5 Å². The molecule has 2 aromatic carbocycles. The number of nitrogens with one attached hydrogen (secondary N) is 1. The van der Waals surface area contributed by atoms with E-state index in [0.717, 1.165) is 16.8 Å². The average molecular weight is 356 g/mol. The normalized spacial score (nSPS) is 10.5. The maximum absolute atomic E-state index is 10.1. The Labute approximate surface area is 151 Å². The number of hydrogen-bond acceptors (Lipinski definition) is 6. The number of rotatable bonds is 6. The van der Waals surface area contributed by atoms with Crippen molar-refractivity contribution in [2.45, 2.75) is 0 Å². The van der Waals surface area contributed by atoms with E-state index in [2.05, 4.69) is 9.97 Å². The van der Waals surface area contributed by atoms with Crippen LogP contribution in [0.4, 0.5) is 0 Å². The molecule has 26 heavy (non-hydrogen) atoms. The molecule has 0 amide bonds. The van der Waals surface area contributed by atoms with Crippen LogP contribution in [0.5, 0.6) is 28.7 Å². The highest BCUT2D eigenvalue weighted by Crippen LogP contribution is 2.43. The lowest BCUT2D eigenvalue weighted by Crippen LogP contribution is -1.96. The van der Waals surface area contributed by atoms with E-state index in [-0.39, 0.29) is 5.75 Å². The maximum Gasteiger partial charge on any atom is 0.203 e. The van der Waals surface area contributed by atoms with Crippen LogP contribution in [0.1, 0.15) is 0 Å². The number of nitrogens with zero attached hydrogens (tertiary/aromatic N) is 1. The zero-order valence-corrected chi connectivity index (χ0v) is 15.0. The molecule has 0 fully saturated rings. The van der Waals surface area contributed by atoms with Gasteiger partial charge in [-0.25, -0.2) is 4.98 Å². The van der Waals surface area contributed by atoms with E-state index in [1.807, 2.05) is 18.2 Å². The minimum Gasteiger partial charge on any atom is -0.504 e. The van der Waals surface area contributed by atoms with Crippen LogP contribution in [0.15, 0.2) is 36.7 Å². The molecule has 1 heterocycles. The number of imidazole rings is 1. The highest BCUT2D eigenvalue weighted by atomic mass is 16.5. The van der Waals surface area contributed by atoms with Crippen LogP contribution in [0, 0.1) is 0 Å². The molecule has 0 aliphatic rings. The Kier molecular flexibility index (Phi) is 4.88. The topological polar surface area (TPSA) is 85.8 Å². The van der Waals surface area contributed by atoms with Gasteiger partial charge < -0.3 is 29.0 Å². The second kappa shape index (κ2) is 7.26. The summed E-state index contributed by atoms with van der Waals surface area (Å²) in [5.41, 5.74) is 2.99. The zero-order valence-electron chi connectivity index (χ0n) is 15.0. The molecule has 3 rings (SSSR count). The fourth-order valence-corrected chi connectivity index (χ4v) is 2.80. The summed E-state index contributed by atoms with van der Waals surface area (Å²) in [5, 5.41) is 10.1. The summed E-state index contributed by atoms with van der Waals surface area (Å²) in [5.74, 6) is 2.04. The lowest BCUT2D eigenvalue weighted by Gasteiger charge is -2.14. The monoisotopic (exact) mass is 356 g/mol. The van der Waals surface area contributed by atoms with Gasteiger partial charge in [-0.15, -0.1) is 0 Å². The molecule has 7 nitrogen and oxygen atoms in total. The second-order valence-electron chi connectivity index (χ2n) is 5.43. The molecule has 0 atom stereocenters. The molecular weight excluding hydrogens is 336 g/mol. The van der Waals surface area contributed by atoms with Crippen molar-refractivity contribution in [1.82, 2.24) is 9.97 Å². The number of aromatic nitrogens is 2. The first-order valence-electron chi connectivity index (χ1n) is 7.84. The van der Waals surface area contributed by atoms with Crippen molar-refractivity contribution in [1.29, 1.82) is 0 Å². The van der Waals surface area contributed by atoms with Crippen LogP contribution in [0.3, 0.4) is 0 Å². The third kappa shape index (κ3) is 2.99. The molecule has 2 N–H and O–H groups in total. The maximum atomic E-state index is 10.1. The predicted octanol–water partition coefficient (Wildman–Crippen LogP) is 3.48. The molecule has 0 unspecified atom stereocenters. The van der Waals surface area contributed by atoms with Gasteiger partial charge in [0.05, 0.1) is 46.2 Å². The summed E-state index contributed by atoms with van der Waals surface area (Å²) in [6, 6.07) is 8.81. The smallest absolute Gasteiger partial charge is 0.203 e. The van der Waals surface area contributed by atoms with Gasteiger partial charge in [0.1, 0.15) is 0 Å². The van der Waals surface area contributed by atoms with Gasteiger partial charge in [-0.1, -0.05) is 0 Å². The van der Waals surface area contributed by atoms with Gasteiger partial charge in [-0.05, 0) is 30.3 Å². The Morgan fingerprint density at radius 2 is 1.46 bits per heavy atom. The molecule has 0 bridgehead atoms. The Morgan fingerprint density at radius 3 is 2.00 bits per heavy atom. The van der Waals surface area contributed by atoms with Crippen molar-refractivity contribution < 1.29 is 24.1 Å². The first-order chi connectivity index (χ1) is 12.6. The average Bonchev–Trinajstić information content (AvgIpc) is 3.16. The summed E-state index contributed by atoms with van der Waals surface area (Å²) < 4.78 is 21.3. The number of methoxy groups -OCH3 is 4. The van der Waals surface area contributed by atoms with Crippen LogP contribution < -0.4 is 18.9 Å². The number of H-pyrrole nitrogens is 1. The van der Waals surface area contributed by atoms with Crippen LogP contribution in [-0.2, 0) is 0 Å². The number of ether oxygens (including phenoxy) is 4. The lowest BCUT2D eigenvalue weighted by atomic mass is 10.0. The Balaban J connectivity index is 2.13. The highest BCUT2D eigenvalue weighted by molar-refractivity contribution is 5.81. The molecule has 0 saturated carbocycles. The molecule has 0 aliphatic heterocycles. The van der Waals surface area contributed by atoms with E-state index in [1.165, 1.54) is 7.11 Å². The highest BCUT2D eigenvalue weighted by Gasteiger charge is 2.18. The predicted molar refractivity (Wildman–Crippen MR) is 97.3 cm³/mol. The standard InChI is InChI=1S/C19H20N2O5/c1-23-14-6-5-11(7-13(14)22)17-18(21-10-20-17)12-8-15(24-2)19(26-4)16(9-12)25-3/h5-10,22H,1-4H3,(H,20,21). The van der Waals surface area contributed by atoms with Crippen LogP contribution >= 0.6 is 0 Å². The van der Waals surface area contributed by atoms with Crippen molar-refractivity contribution in [3.63, 3.8) is 0 Å².